The Bertz CT molecular complexity index is 595. The molecule has 0 unspecified atom stereocenters. The van der Waals surface area contributed by atoms with Gasteiger partial charge in [-0.3, -0.25) is 4.79 Å². The van der Waals surface area contributed by atoms with Crippen LogP contribution in [0.3, 0.4) is 0 Å². The summed E-state index contributed by atoms with van der Waals surface area (Å²) in [5.41, 5.74) is 2.90. The Balaban J connectivity index is 2.06. The van der Waals surface area contributed by atoms with E-state index in [-0.39, 0.29) is 5.78 Å². The first-order chi connectivity index (χ1) is 9.58. The number of benzene rings is 2. The maximum atomic E-state index is 11.3. The molecule has 0 spiro atoms. The van der Waals surface area contributed by atoms with Gasteiger partial charge in [-0.1, -0.05) is 41.9 Å². The van der Waals surface area contributed by atoms with Crippen molar-refractivity contribution in [1.29, 1.82) is 0 Å². The van der Waals surface area contributed by atoms with E-state index in [0.717, 1.165) is 18.7 Å². The number of anilines is 1. The highest BCUT2D eigenvalue weighted by molar-refractivity contribution is 6.33. The Kier molecular flexibility index (Phi) is 4.80. The lowest BCUT2D eigenvalue weighted by atomic mass is 10.1. The minimum atomic E-state index is 0.0328. The molecule has 0 aliphatic rings. The molecule has 2 rings (SSSR count). The van der Waals surface area contributed by atoms with Gasteiger partial charge in [-0.25, -0.2) is 0 Å². The molecule has 0 atom stereocenters. The molecule has 2 aromatic rings. The van der Waals surface area contributed by atoms with Gasteiger partial charge in [0.1, 0.15) is 0 Å². The van der Waals surface area contributed by atoms with Gasteiger partial charge in [0.2, 0.25) is 0 Å². The monoisotopic (exact) mass is 287 g/mol. The highest BCUT2D eigenvalue weighted by atomic mass is 35.5. The number of hydrogen-bond acceptors (Lipinski definition) is 2. The van der Waals surface area contributed by atoms with Crippen LogP contribution in [-0.2, 0) is 6.42 Å². The number of carbonyl (C=O) groups is 1. The summed E-state index contributed by atoms with van der Waals surface area (Å²) >= 11 is 6.26. The molecular formula is C17H18ClNO. The number of rotatable bonds is 5. The van der Waals surface area contributed by atoms with Gasteiger partial charge < -0.3 is 4.90 Å². The van der Waals surface area contributed by atoms with Crippen LogP contribution in [0, 0.1) is 0 Å². The quantitative estimate of drug-likeness (QED) is 0.767. The van der Waals surface area contributed by atoms with Gasteiger partial charge in [0.15, 0.2) is 5.78 Å². The summed E-state index contributed by atoms with van der Waals surface area (Å²) in [6.07, 6.45) is 0.960. The Labute approximate surface area is 125 Å². The van der Waals surface area contributed by atoms with Gasteiger partial charge in [0.05, 0.1) is 10.7 Å². The standard InChI is InChI=1S/C17H18ClNO/c1-13(20)15-8-9-17(16(18)12-15)19(2)11-10-14-6-4-3-5-7-14/h3-9,12H,10-11H2,1-2H3. The van der Waals surface area contributed by atoms with E-state index in [1.54, 1.807) is 13.0 Å². The van der Waals surface area contributed by atoms with E-state index < -0.39 is 0 Å². The zero-order chi connectivity index (χ0) is 14.5. The molecule has 0 fully saturated rings. The van der Waals surface area contributed by atoms with Crippen LogP contribution < -0.4 is 4.90 Å². The van der Waals surface area contributed by atoms with Crippen molar-refractivity contribution in [2.45, 2.75) is 13.3 Å². The number of nitrogens with zero attached hydrogens (tertiary/aromatic N) is 1. The molecule has 0 aliphatic heterocycles. The predicted octanol–water partition coefficient (Wildman–Crippen LogP) is 4.22. The topological polar surface area (TPSA) is 20.3 Å². The maximum Gasteiger partial charge on any atom is 0.159 e. The summed E-state index contributed by atoms with van der Waals surface area (Å²) in [6.45, 7) is 2.42. The molecule has 0 heterocycles. The van der Waals surface area contributed by atoms with Crippen LogP contribution in [0.25, 0.3) is 0 Å². The average molecular weight is 288 g/mol. The van der Waals surface area contributed by atoms with Crippen molar-refractivity contribution >= 4 is 23.1 Å². The molecule has 20 heavy (non-hydrogen) atoms. The minimum absolute atomic E-state index is 0.0328. The molecule has 0 bridgehead atoms. The molecule has 0 saturated heterocycles. The molecule has 0 radical (unpaired) electrons. The van der Waals surface area contributed by atoms with Gasteiger partial charge in [0.25, 0.3) is 0 Å². The summed E-state index contributed by atoms with van der Waals surface area (Å²) < 4.78 is 0. The number of hydrogen-bond donors (Lipinski definition) is 0. The number of carbonyl (C=O) groups excluding carboxylic acids is 1. The lowest BCUT2D eigenvalue weighted by molar-refractivity contribution is 0.101. The van der Waals surface area contributed by atoms with Crippen molar-refractivity contribution in [3.05, 3.63) is 64.7 Å². The smallest absolute Gasteiger partial charge is 0.159 e. The second-order valence-electron chi connectivity index (χ2n) is 4.88. The van der Waals surface area contributed by atoms with Crippen LogP contribution in [0.2, 0.25) is 5.02 Å². The fourth-order valence-corrected chi connectivity index (χ4v) is 2.42. The molecule has 0 aromatic heterocycles. The minimum Gasteiger partial charge on any atom is -0.373 e. The average Bonchev–Trinajstić information content (AvgIpc) is 2.45. The van der Waals surface area contributed by atoms with Crippen LogP contribution in [0.1, 0.15) is 22.8 Å². The van der Waals surface area contributed by atoms with Gasteiger partial charge in [0, 0.05) is 19.2 Å². The number of likely N-dealkylation sites (N-methyl/N-ethyl adjacent to an activating group) is 1. The van der Waals surface area contributed by atoms with Crippen molar-refractivity contribution in [3.63, 3.8) is 0 Å². The first-order valence-corrected chi connectivity index (χ1v) is 7.01. The van der Waals surface area contributed by atoms with Crippen LogP contribution >= 0.6 is 11.6 Å². The second-order valence-corrected chi connectivity index (χ2v) is 5.29. The van der Waals surface area contributed by atoms with E-state index in [9.17, 15) is 4.79 Å². The van der Waals surface area contributed by atoms with Crippen molar-refractivity contribution in [2.24, 2.45) is 0 Å². The normalized spacial score (nSPS) is 10.3. The highest BCUT2D eigenvalue weighted by Gasteiger charge is 2.09. The number of ketones is 1. The summed E-state index contributed by atoms with van der Waals surface area (Å²) in [6, 6.07) is 15.8. The molecule has 0 N–H and O–H groups in total. The third-order valence-corrected chi connectivity index (χ3v) is 3.65. The lowest BCUT2D eigenvalue weighted by Crippen LogP contribution is -2.20. The lowest BCUT2D eigenvalue weighted by Gasteiger charge is -2.21. The molecule has 0 aliphatic carbocycles. The molecule has 3 heteroatoms. The molecule has 2 nitrogen and oxygen atoms in total. The highest BCUT2D eigenvalue weighted by Crippen LogP contribution is 2.26. The first-order valence-electron chi connectivity index (χ1n) is 6.63. The van der Waals surface area contributed by atoms with E-state index in [1.807, 2.05) is 37.4 Å². The fourth-order valence-electron chi connectivity index (χ4n) is 2.10. The van der Waals surface area contributed by atoms with Gasteiger partial charge >= 0.3 is 0 Å². The fraction of sp³-hybridized carbons (Fsp3) is 0.235. The zero-order valence-corrected chi connectivity index (χ0v) is 12.5. The van der Waals surface area contributed by atoms with E-state index in [4.69, 9.17) is 11.6 Å². The SMILES string of the molecule is CC(=O)c1ccc(N(C)CCc2ccccc2)c(Cl)c1. The summed E-state index contributed by atoms with van der Waals surface area (Å²) in [4.78, 5) is 13.4. The van der Waals surface area contributed by atoms with Crippen molar-refractivity contribution in [1.82, 2.24) is 0 Å². The van der Waals surface area contributed by atoms with Crippen molar-refractivity contribution in [2.75, 3.05) is 18.5 Å². The van der Waals surface area contributed by atoms with Crippen molar-refractivity contribution < 1.29 is 4.79 Å². The summed E-state index contributed by atoms with van der Waals surface area (Å²) in [5, 5.41) is 0.619. The van der Waals surface area contributed by atoms with Crippen LogP contribution in [0.15, 0.2) is 48.5 Å². The summed E-state index contributed by atoms with van der Waals surface area (Å²) in [5.74, 6) is 0.0328. The van der Waals surface area contributed by atoms with Gasteiger partial charge in [-0.2, -0.15) is 0 Å². The van der Waals surface area contributed by atoms with E-state index in [2.05, 4.69) is 17.0 Å². The van der Waals surface area contributed by atoms with Crippen LogP contribution in [0.5, 0.6) is 0 Å². The third-order valence-electron chi connectivity index (χ3n) is 3.34. The van der Waals surface area contributed by atoms with E-state index in [0.29, 0.717) is 10.6 Å². The zero-order valence-electron chi connectivity index (χ0n) is 11.8. The van der Waals surface area contributed by atoms with Gasteiger partial charge in [-0.05, 0) is 37.1 Å². The third kappa shape index (κ3) is 3.61. The number of halogens is 1. The Morgan fingerprint density at radius 3 is 2.45 bits per heavy atom. The number of Topliss-reactive ketones (excluding diaryl/α,β-unsaturated/α-hetero) is 1. The molecule has 2 aromatic carbocycles. The van der Waals surface area contributed by atoms with Crippen LogP contribution in [0.4, 0.5) is 5.69 Å². The molecular weight excluding hydrogens is 270 g/mol. The summed E-state index contributed by atoms with van der Waals surface area (Å²) in [7, 11) is 2.01. The molecule has 0 saturated carbocycles. The van der Waals surface area contributed by atoms with Gasteiger partial charge in [-0.15, -0.1) is 0 Å². The predicted molar refractivity (Wildman–Crippen MR) is 84.9 cm³/mol. The largest absolute Gasteiger partial charge is 0.373 e. The Hall–Kier alpha value is -1.80. The van der Waals surface area contributed by atoms with E-state index >= 15 is 0 Å². The van der Waals surface area contributed by atoms with Crippen molar-refractivity contribution in [3.8, 4) is 0 Å². The maximum absolute atomic E-state index is 11.3. The van der Waals surface area contributed by atoms with E-state index in [1.165, 1.54) is 5.56 Å². The Morgan fingerprint density at radius 1 is 1.15 bits per heavy atom. The first kappa shape index (κ1) is 14.6. The van der Waals surface area contributed by atoms with Crippen LogP contribution in [-0.4, -0.2) is 19.4 Å². The Morgan fingerprint density at radius 2 is 1.85 bits per heavy atom. The second kappa shape index (κ2) is 6.58. The molecule has 0 amide bonds. The molecule has 104 valence electrons.